The van der Waals surface area contributed by atoms with Gasteiger partial charge < -0.3 is 20.1 Å². The smallest absolute Gasteiger partial charge is 0.229 e. The van der Waals surface area contributed by atoms with Crippen molar-refractivity contribution in [1.29, 1.82) is 0 Å². The second kappa shape index (κ2) is 9.79. The predicted molar refractivity (Wildman–Crippen MR) is 134 cm³/mol. The van der Waals surface area contributed by atoms with Gasteiger partial charge in [0.2, 0.25) is 10.0 Å². The molecule has 33 heavy (non-hydrogen) atoms. The van der Waals surface area contributed by atoms with Crippen LogP contribution >= 0.6 is 23.2 Å². The number of aromatic amines is 1. The van der Waals surface area contributed by atoms with Gasteiger partial charge in [-0.2, -0.15) is 0 Å². The van der Waals surface area contributed by atoms with Crippen molar-refractivity contribution in [2.75, 3.05) is 30.7 Å². The van der Waals surface area contributed by atoms with Crippen LogP contribution in [0.25, 0.3) is 21.8 Å². The first kappa shape index (κ1) is 23.7. The average molecular weight is 508 g/mol. The van der Waals surface area contributed by atoms with Gasteiger partial charge in [0.25, 0.3) is 0 Å². The number of nitrogens with one attached hydrogen (secondary N) is 3. The van der Waals surface area contributed by atoms with Crippen LogP contribution in [0.1, 0.15) is 11.7 Å². The molecule has 0 amide bonds. The summed E-state index contributed by atoms with van der Waals surface area (Å²) >= 11 is 12.1. The second-order valence-corrected chi connectivity index (χ2v) is 10.3. The third kappa shape index (κ3) is 5.90. The summed E-state index contributed by atoms with van der Waals surface area (Å²) < 4.78 is 31.1. The lowest BCUT2D eigenvalue weighted by atomic mass is 10.1. The maximum absolute atomic E-state index is 11.5. The largest absolute Gasteiger partial charge is 0.492 e. The third-order valence-corrected chi connectivity index (χ3v) is 6.24. The fraction of sp³-hybridized carbons (Fsp3) is 0.217. The summed E-state index contributed by atoms with van der Waals surface area (Å²) in [5.74, 6) is 0.733. The van der Waals surface area contributed by atoms with E-state index in [1.54, 1.807) is 12.1 Å². The van der Waals surface area contributed by atoms with Gasteiger partial charge in [-0.3, -0.25) is 4.72 Å². The highest BCUT2D eigenvalue weighted by Crippen LogP contribution is 2.30. The first-order valence-corrected chi connectivity index (χ1v) is 12.8. The lowest BCUT2D eigenvalue weighted by molar-refractivity contribution is 0.172. The number of hydrogen-bond acceptors (Lipinski definition) is 5. The number of H-pyrrole nitrogens is 1. The minimum Gasteiger partial charge on any atom is -0.492 e. The zero-order valence-electron chi connectivity index (χ0n) is 17.7. The molecule has 1 aromatic heterocycles. The molecule has 0 spiro atoms. The maximum atomic E-state index is 11.5. The van der Waals surface area contributed by atoms with Crippen LogP contribution in [-0.2, 0) is 10.0 Å². The van der Waals surface area contributed by atoms with E-state index >= 15 is 0 Å². The molecule has 0 saturated carbocycles. The molecule has 0 saturated heterocycles. The van der Waals surface area contributed by atoms with Crippen molar-refractivity contribution in [1.82, 2.24) is 10.3 Å². The van der Waals surface area contributed by atoms with Crippen LogP contribution in [0.5, 0.6) is 5.75 Å². The molecular formula is C23H23Cl2N3O4S. The van der Waals surface area contributed by atoms with Gasteiger partial charge >= 0.3 is 0 Å². The van der Waals surface area contributed by atoms with Crippen LogP contribution in [0.3, 0.4) is 0 Å². The molecule has 0 aliphatic carbocycles. The van der Waals surface area contributed by atoms with E-state index in [-0.39, 0.29) is 17.3 Å². The number of benzene rings is 3. The maximum Gasteiger partial charge on any atom is 0.229 e. The number of hydrogen-bond donors (Lipinski definition) is 4. The van der Waals surface area contributed by atoms with Crippen LogP contribution in [0.15, 0.2) is 54.6 Å². The topological polar surface area (TPSA) is 103 Å². The minimum atomic E-state index is -3.47. The molecule has 4 rings (SSSR count). The second-order valence-electron chi connectivity index (χ2n) is 7.70. The SMILES string of the molecule is CS(=O)(=O)Nc1cc(C(O)CNCCOc2ccc3c(c2)[nH]c2ccc(Cl)cc23)ccc1Cl. The van der Waals surface area contributed by atoms with E-state index in [0.29, 0.717) is 23.7 Å². The molecule has 1 heterocycles. The molecule has 4 aromatic rings. The van der Waals surface area contributed by atoms with E-state index in [9.17, 15) is 13.5 Å². The Bertz CT molecular complexity index is 1410. The molecule has 3 aromatic carbocycles. The summed E-state index contributed by atoms with van der Waals surface area (Å²) in [4.78, 5) is 3.36. The molecule has 174 valence electrons. The van der Waals surface area contributed by atoms with E-state index in [1.165, 1.54) is 6.07 Å². The fourth-order valence-electron chi connectivity index (χ4n) is 3.57. The molecule has 10 heteroatoms. The van der Waals surface area contributed by atoms with Crippen LogP contribution < -0.4 is 14.8 Å². The van der Waals surface area contributed by atoms with Crippen LogP contribution in [0.4, 0.5) is 5.69 Å². The highest BCUT2D eigenvalue weighted by molar-refractivity contribution is 7.92. The highest BCUT2D eigenvalue weighted by atomic mass is 35.5. The van der Waals surface area contributed by atoms with Gasteiger partial charge in [0.05, 0.1) is 28.6 Å². The van der Waals surface area contributed by atoms with Gasteiger partial charge in [0.1, 0.15) is 12.4 Å². The van der Waals surface area contributed by atoms with Gasteiger partial charge in [-0.15, -0.1) is 0 Å². The summed E-state index contributed by atoms with van der Waals surface area (Å²) in [5.41, 5.74) is 2.76. The highest BCUT2D eigenvalue weighted by Gasteiger charge is 2.12. The molecule has 4 N–H and O–H groups in total. The van der Waals surface area contributed by atoms with Gasteiger partial charge in [0.15, 0.2) is 0 Å². The van der Waals surface area contributed by atoms with Crippen molar-refractivity contribution in [3.05, 3.63) is 70.2 Å². The number of ether oxygens (including phenoxy) is 1. The number of rotatable bonds is 9. The Morgan fingerprint density at radius 1 is 1.03 bits per heavy atom. The summed E-state index contributed by atoms with van der Waals surface area (Å²) in [6, 6.07) is 16.3. The Hall–Kier alpha value is -2.49. The van der Waals surface area contributed by atoms with Crippen molar-refractivity contribution in [3.8, 4) is 5.75 Å². The molecule has 0 aliphatic heterocycles. The molecule has 1 unspecified atom stereocenters. The summed E-state index contributed by atoms with van der Waals surface area (Å²) in [6.07, 6.45) is 0.205. The Morgan fingerprint density at radius 2 is 1.85 bits per heavy atom. The summed E-state index contributed by atoms with van der Waals surface area (Å²) in [7, 11) is -3.47. The Balaban J connectivity index is 1.30. The molecule has 0 bridgehead atoms. The van der Waals surface area contributed by atoms with Crippen LogP contribution in [0, 0.1) is 0 Å². The van der Waals surface area contributed by atoms with Gasteiger partial charge in [0, 0.05) is 40.5 Å². The molecule has 0 radical (unpaired) electrons. The zero-order chi connectivity index (χ0) is 23.6. The van der Waals surface area contributed by atoms with Gasteiger partial charge in [-0.25, -0.2) is 8.42 Å². The third-order valence-electron chi connectivity index (χ3n) is 5.09. The molecule has 0 aliphatic rings. The van der Waals surface area contributed by atoms with E-state index in [0.717, 1.165) is 33.8 Å². The number of fused-ring (bicyclic) bond motifs is 3. The first-order valence-electron chi connectivity index (χ1n) is 10.2. The van der Waals surface area contributed by atoms with Crippen molar-refractivity contribution in [2.45, 2.75) is 6.10 Å². The molecule has 1 atom stereocenters. The van der Waals surface area contributed by atoms with Crippen molar-refractivity contribution in [2.24, 2.45) is 0 Å². The number of anilines is 1. The average Bonchev–Trinajstić information content (AvgIpc) is 3.11. The lowest BCUT2D eigenvalue weighted by Crippen LogP contribution is -2.26. The van der Waals surface area contributed by atoms with Crippen molar-refractivity contribution in [3.63, 3.8) is 0 Å². The number of sulfonamides is 1. The van der Waals surface area contributed by atoms with Crippen molar-refractivity contribution < 1.29 is 18.3 Å². The van der Waals surface area contributed by atoms with E-state index in [1.807, 2.05) is 36.4 Å². The number of aromatic nitrogens is 1. The molecule has 0 fully saturated rings. The summed E-state index contributed by atoms with van der Waals surface area (Å²) in [6.45, 7) is 1.19. The Kier molecular flexibility index (Phi) is 7.02. The molecular weight excluding hydrogens is 485 g/mol. The lowest BCUT2D eigenvalue weighted by Gasteiger charge is -2.15. The van der Waals surface area contributed by atoms with E-state index in [2.05, 4.69) is 15.0 Å². The fourth-order valence-corrected chi connectivity index (χ4v) is 4.53. The van der Waals surface area contributed by atoms with Crippen molar-refractivity contribution >= 4 is 60.7 Å². The van der Waals surface area contributed by atoms with E-state index in [4.69, 9.17) is 27.9 Å². The quantitative estimate of drug-likeness (QED) is 0.246. The van der Waals surface area contributed by atoms with Gasteiger partial charge in [-0.05, 0) is 48.0 Å². The van der Waals surface area contributed by atoms with Crippen LogP contribution in [-0.4, -0.2) is 44.5 Å². The van der Waals surface area contributed by atoms with Gasteiger partial charge in [-0.1, -0.05) is 29.3 Å². The minimum absolute atomic E-state index is 0.230. The predicted octanol–water partition coefficient (Wildman–Crippen LogP) is 4.70. The Morgan fingerprint density at radius 3 is 2.64 bits per heavy atom. The van der Waals surface area contributed by atoms with E-state index < -0.39 is 16.1 Å². The number of aliphatic hydroxyl groups excluding tert-OH is 1. The Labute approximate surface area is 201 Å². The first-order chi connectivity index (χ1) is 15.7. The molecule has 7 nitrogen and oxygen atoms in total. The zero-order valence-corrected chi connectivity index (χ0v) is 20.1. The monoisotopic (exact) mass is 507 g/mol. The normalized spacial score (nSPS) is 12.8. The summed E-state index contributed by atoms with van der Waals surface area (Å²) in [5, 5.41) is 16.6. The number of aliphatic hydroxyl groups is 1. The number of halogens is 2. The standard InChI is InChI=1S/C23H23Cl2N3O4S/c1-33(30,31)28-22-10-14(2-6-19(22)25)23(29)13-26-8-9-32-16-4-5-17-18-11-15(24)3-7-20(18)27-21(17)12-16/h2-7,10-12,23,26-29H,8-9,13H2,1H3. The van der Waals surface area contributed by atoms with Crippen LogP contribution in [0.2, 0.25) is 10.0 Å².